The number of carbonyl (C=O) groups excluding carboxylic acids is 1. The molecule has 2 N–H and O–H groups in total. The Kier molecular flexibility index (Phi) is 4.49. The molecule has 0 atom stereocenters. The second kappa shape index (κ2) is 7.12. The molecule has 0 radical (unpaired) electrons. The smallest absolute Gasteiger partial charge is 0.248 e. The summed E-state index contributed by atoms with van der Waals surface area (Å²) in [6.07, 6.45) is 3.55. The standard InChI is InChI=1S/C23H19N3O2/c1-14-9-17-11-18(4-6-21(17)26-13-14)28-19-7-8-25-22(12-19)16-3-5-20(23(24)27)15(2)10-16/h3-13H,1-2H3,(H2,24,27). The molecular weight excluding hydrogens is 350 g/mol. The van der Waals surface area contributed by atoms with Crippen LogP contribution in [0.1, 0.15) is 21.5 Å². The zero-order valence-electron chi connectivity index (χ0n) is 15.6. The Bertz CT molecular complexity index is 1200. The van der Waals surface area contributed by atoms with E-state index < -0.39 is 5.91 Å². The van der Waals surface area contributed by atoms with Gasteiger partial charge in [0.15, 0.2) is 0 Å². The average molecular weight is 369 g/mol. The van der Waals surface area contributed by atoms with Crippen molar-refractivity contribution in [1.82, 2.24) is 9.97 Å². The number of benzene rings is 2. The Morgan fingerprint density at radius 1 is 0.929 bits per heavy atom. The Hall–Kier alpha value is -3.73. The molecule has 0 aliphatic carbocycles. The van der Waals surface area contributed by atoms with E-state index in [0.717, 1.165) is 39.0 Å². The van der Waals surface area contributed by atoms with Crippen molar-refractivity contribution in [3.63, 3.8) is 0 Å². The van der Waals surface area contributed by atoms with Gasteiger partial charge in [-0.25, -0.2) is 0 Å². The van der Waals surface area contributed by atoms with E-state index in [0.29, 0.717) is 11.3 Å². The molecule has 5 nitrogen and oxygen atoms in total. The predicted molar refractivity (Wildman–Crippen MR) is 109 cm³/mol. The Morgan fingerprint density at radius 3 is 2.54 bits per heavy atom. The van der Waals surface area contributed by atoms with Crippen molar-refractivity contribution in [1.29, 1.82) is 0 Å². The summed E-state index contributed by atoms with van der Waals surface area (Å²) in [6, 6.07) is 17.0. The van der Waals surface area contributed by atoms with Crippen LogP contribution in [0.15, 0.2) is 67.0 Å². The lowest BCUT2D eigenvalue weighted by molar-refractivity contribution is 0.0999. The summed E-state index contributed by atoms with van der Waals surface area (Å²) in [5, 5.41) is 1.03. The lowest BCUT2D eigenvalue weighted by Crippen LogP contribution is -2.12. The molecule has 0 aliphatic rings. The first-order chi connectivity index (χ1) is 13.5. The molecule has 2 aromatic carbocycles. The van der Waals surface area contributed by atoms with Crippen LogP contribution in [0.3, 0.4) is 0 Å². The zero-order chi connectivity index (χ0) is 19.7. The quantitative estimate of drug-likeness (QED) is 0.560. The summed E-state index contributed by atoms with van der Waals surface area (Å²) < 4.78 is 6.04. The van der Waals surface area contributed by atoms with Crippen molar-refractivity contribution in [3.8, 4) is 22.8 Å². The van der Waals surface area contributed by atoms with Gasteiger partial charge in [0.1, 0.15) is 11.5 Å². The van der Waals surface area contributed by atoms with Gasteiger partial charge >= 0.3 is 0 Å². The number of amides is 1. The number of aryl methyl sites for hydroxylation is 2. The van der Waals surface area contributed by atoms with Crippen molar-refractivity contribution in [2.75, 3.05) is 0 Å². The third-order valence-electron chi connectivity index (χ3n) is 4.54. The third-order valence-corrected chi connectivity index (χ3v) is 4.54. The van der Waals surface area contributed by atoms with Crippen molar-refractivity contribution in [3.05, 3.63) is 83.7 Å². The second-order valence-electron chi connectivity index (χ2n) is 6.74. The molecule has 2 heterocycles. The van der Waals surface area contributed by atoms with E-state index in [1.165, 1.54) is 0 Å². The van der Waals surface area contributed by atoms with Crippen LogP contribution in [0.5, 0.6) is 11.5 Å². The van der Waals surface area contributed by atoms with Crippen LogP contribution in [-0.4, -0.2) is 15.9 Å². The summed E-state index contributed by atoms with van der Waals surface area (Å²) in [5.74, 6) is 0.981. The number of nitrogens with zero attached hydrogens (tertiary/aromatic N) is 2. The maximum atomic E-state index is 11.4. The molecule has 2 aromatic heterocycles. The maximum Gasteiger partial charge on any atom is 0.248 e. The summed E-state index contributed by atoms with van der Waals surface area (Å²) in [5.41, 5.74) is 10.4. The lowest BCUT2D eigenvalue weighted by Gasteiger charge is -2.10. The first-order valence-corrected chi connectivity index (χ1v) is 8.91. The molecule has 4 aromatic rings. The summed E-state index contributed by atoms with van der Waals surface area (Å²) in [7, 11) is 0. The normalized spacial score (nSPS) is 10.8. The number of carbonyl (C=O) groups is 1. The molecule has 5 heteroatoms. The van der Waals surface area contributed by atoms with Gasteiger partial charge in [-0.05, 0) is 67.4 Å². The molecule has 0 saturated heterocycles. The molecule has 0 saturated carbocycles. The summed E-state index contributed by atoms with van der Waals surface area (Å²) in [6.45, 7) is 3.87. The molecule has 0 bridgehead atoms. The van der Waals surface area contributed by atoms with Crippen molar-refractivity contribution in [2.24, 2.45) is 5.73 Å². The topological polar surface area (TPSA) is 78.1 Å². The lowest BCUT2D eigenvalue weighted by atomic mass is 10.0. The fourth-order valence-electron chi connectivity index (χ4n) is 3.15. The molecule has 0 unspecified atom stereocenters. The largest absolute Gasteiger partial charge is 0.457 e. The predicted octanol–water partition coefficient (Wildman–Crippen LogP) is 4.80. The highest BCUT2D eigenvalue weighted by atomic mass is 16.5. The van der Waals surface area contributed by atoms with Gasteiger partial charge in [-0.3, -0.25) is 14.8 Å². The average Bonchev–Trinajstić information content (AvgIpc) is 2.67. The first kappa shape index (κ1) is 17.7. The Morgan fingerprint density at radius 2 is 1.75 bits per heavy atom. The van der Waals surface area contributed by atoms with Crippen LogP contribution in [0.4, 0.5) is 0 Å². The van der Waals surface area contributed by atoms with Crippen LogP contribution in [0.25, 0.3) is 22.2 Å². The fourth-order valence-corrected chi connectivity index (χ4v) is 3.15. The molecule has 4 rings (SSSR count). The number of fused-ring (bicyclic) bond motifs is 1. The third kappa shape index (κ3) is 3.55. The number of rotatable bonds is 4. The first-order valence-electron chi connectivity index (χ1n) is 8.91. The van der Waals surface area contributed by atoms with Gasteiger partial charge in [0.05, 0.1) is 11.2 Å². The van der Waals surface area contributed by atoms with E-state index in [9.17, 15) is 4.79 Å². The van der Waals surface area contributed by atoms with Crippen LogP contribution in [-0.2, 0) is 0 Å². The van der Waals surface area contributed by atoms with Crippen LogP contribution >= 0.6 is 0 Å². The van der Waals surface area contributed by atoms with Crippen molar-refractivity contribution >= 4 is 16.8 Å². The summed E-state index contributed by atoms with van der Waals surface area (Å²) in [4.78, 5) is 20.3. The van der Waals surface area contributed by atoms with Gasteiger partial charge in [0.25, 0.3) is 0 Å². The molecule has 1 amide bonds. The minimum absolute atomic E-state index is 0.435. The number of hydrogen-bond acceptors (Lipinski definition) is 4. The Balaban J connectivity index is 1.64. The number of aromatic nitrogens is 2. The van der Waals surface area contributed by atoms with Gasteiger partial charge in [0.2, 0.25) is 5.91 Å². The highest BCUT2D eigenvalue weighted by Crippen LogP contribution is 2.28. The minimum atomic E-state index is -0.435. The number of hydrogen-bond donors (Lipinski definition) is 1. The van der Waals surface area contributed by atoms with E-state index in [-0.39, 0.29) is 0 Å². The van der Waals surface area contributed by atoms with Crippen LogP contribution in [0, 0.1) is 13.8 Å². The van der Waals surface area contributed by atoms with E-state index in [1.54, 1.807) is 12.3 Å². The molecule has 0 aliphatic heterocycles. The van der Waals surface area contributed by atoms with Crippen LogP contribution < -0.4 is 10.5 Å². The number of primary amides is 1. The molecule has 28 heavy (non-hydrogen) atoms. The summed E-state index contributed by atoms with van der Waals surface area (Å²) >= 11 is 0. The van der Waals surface area contributed by atoms with E-state index >= 15 is 0 Å². The van der Waals surface area contributed by atoms with Crippen molar-refractivity contribution < 1.29 is 9.53 Å². The SMILES string of the molecule is Cc1cnc2ccc(Oc3ccnc(-c4ccc(C(N)=O)c(C)c4)c3)cc2c1. The van der Waals surface area contributed by atoms with E-state index in [2.05, 4.69) is 16.0 Å². The highest BCUT2D eigenvalue weighted by molar-refractivity contribution is 5.94. The second-order valence-corrected chi connectivity index (χ2v) is 6.74. The highest BCUT2D eigenvalue weighted by Gasteiger charge is 2.09. The minimum Gasteiger partial charge on any atom is -0.457 e. The van der Waals surface area contributed by atoms with Gasteiger partial charge in [-0.2, -0.15) is 0 Å². The van der Waals surface area contributed by atoms with E-state index in [1.807, 2.05) is 62.5 Å². The maximum absolute atomic E-state index is 11.4. The molecular formula is C23H19N3O2. The number of pyridine rings is 2. The van der Waals surface area contributed by atoms with E-state index in [4.69, 9.17) is 10.5 Å². The molecule has 0 spiro atoms. The van der Waals surface area contributed by atoms with Gasteiger partial charge < -0.3 is 10.5 Å². The Labute approximate surface area is 162 Å². The van der Waals surface area contributed by atoms with Crippen molar-refractivity contribution in [2.45, 2.75) is 13.8 Å². The van der Waals surface area contributed by atoms with Gasteiger partial charge in [0, 0.05) is 35.0 Å². The fraction of sp³-hybridized carbons (Fsp3) is 0.0870. The van der Waals surface area contributed by atoms with Gasteiger partial charge in [-0.1, -0.05) is 6.07 Å². The zero-order valence-corrected chi connectivity index (χ0v) is 15.6. The molecule has 138 valence electrons. The van der Waals surface area contributed by atoms with Gasteiger partial charge in [-0.15, -0.1) is 0 Å². The number of nitrogens with two attached hydrogens (primary N) is 1. The molecule has 0 fully saturated rings. The van der Waals surface area contributed by atoms with Crippen LogP contribution in [0.2, 0.25) is 0 Å². The number of ether oxygens (including phenoxy) is 1. The monoisotopic (exact) mass is 369 g/mol.